The molecule has 0 aliphatic carbocycles. The van der Waals surface area contributed by atoms with Crippen molar-refractivity contribution in [3.63, 3.8) is 0 Å². The van der Waals surface area contributed by atoms with Gasteiger partial charge < -0.3 is 15.5 Å². The highest BCUT2D eigenvalue weighted by Crippen LogP contribution is 2.29. The van der Waals surface area contributed by atoms with Gasteiger partial charge in [0.15, 0.2) is 0 Å². The standard InChI is InChI=1S/C30H28ClNO5S/c1-20(32-19-28(33)24-8-5-9-25(31)17-24)16-21-10-13-26(14-11-21)38(36,37)29-15-12-23(18-27(29)30(34)35)22-6-3-2-4-7-22/h2-15,17-18,20,28,32-33H,16,19H2,1H3,(H,34,35)/t20-,28-/m1/s1. The molecule has 2 atom stereocenters. The van der Waals surface area contributed by atoms with Gasteiger partial charge in [0.2, 0.25) is 9.84 Å². The molecule has 0 aliphatic heterocycles. The second-order valence-electron chi connectivity index (χ2n) is 9.11. The first-order chi connectivity index (χ1) is 18.1. The lowest BCUT2D eigenvalue weighted by Crippen LogP contribution is -2.32. The maximum absolute atomic E-state index is 13.4. The van der Waals surface area contributed by atoms with Crippen LogP contribution in [0.5, 0.6) is 0 Å². The van der Waals surface area contributed by atoms with Crippen molar-refractivity contribution in [2.45, 2.75) is 35.3 Å². The van der Waals surface area contributed by atoms with E-state index in [1.165, 1.54) is 24.3 Å². The summed E-state index contributed by atoms with van der Waals surface area (Å²) in [4.78, 5) is 11.8. The van der Waals surface area contributed by atoms with Crippen molar-refractivity contribution in [2.24, 2.45) is 0 Å². The minimum Gasteiger partial charge on any atom is -0.478 e. The molecule has 196 valence electrons. The molecule has 0 heterocycles. The number of hydrogen-bond donors (Lipinski definition) is 3. The Morgan fingerprint density at radius 1 is 0.895 bits per heavy atom. The summed E-state index contributed by atoms with van der Waals surface area (Å²) in [5, 5.41) is 24.0. The van der Waals surface area contributed by atoms with E-state index in [-0.39, 0.29) is 21.4 Å². The Bertz CT molecular complexity index is 1520. The molecule has 0 amide bonds. The molecule has 0 bridgehead atoms. The number of carbonyl (C=O) groups is 1. The van der Waals surface area contributed by atoms with Crippen molar-refractivity contribution in [1.29, 1.82) is 0 Å². The van der Waals surface area contributed by atoms with E-state index in [4.69, 9.17) is 11.6 Å². The van der Waals surface area contributed by atoms with E-state index in [1.54, 1.807) is 36.4 Å². The molecule has 4 rings (SSSR count). The number of aliphatic hydroxyl groups excluding tert-OH is 1. The van der Waals surface area contributed by atoms with Crippen LogP contribution in [-0.4, -0.2) is 37.2 Å². The molecule has 0 fully saturated rings. The van der Waals surface area contributed by atoms with Crippen molar-refractivity contribution in [1.82, 2.24) is 5.32 Å². The van der Waals surface area contributed by atoms with E-state index in [2.05, 4.69) is 5.32 Å². The van der Waals surface area contributed by atoms with Crippen LogP contribution < -0.4 is 5.32 Å². The van der Waals surface area contributed by atoms with Crippen molar-refractivity contribution >= 4 is 27.4 Å². The van der Waals surface area contributed by atoms with Gasteiger partial charge in [-0.3, -0.25) is 0 Å². The second kappa shape index (κ2) is 11.9. The first-order valence-electron chi connectivity index (χ1n) is 12.1. The predicted molar refractivity (Wildman–Crippen MR) is 148 cm³/mol. The SMILES string of the molecule is C[C@H](Cc1ccc(S(=O)(=O)c2ccc(-c3ccccc3)cc2C(=O)O)cc1)NC[C@@H](O)c1cccc(Cl)c1. The molecule has 0 unspecified atom stereocenters. The zero-order valence-electron chi connectivity index (χ0n) is 20.7. The van der Waals surface area contributed by atoms with Gasteiger partial charge in [0.1, 0.15) is 0 Å². The zero-order valence-corrected chi connectivity index (χ0v) is 22.3. The van der Waals surface area contributed by atoms with Gasteiger partial charge in [0.25, 0.3) is 0 Å². The van der Waals surface area contributed by atoms with E-state index in [9.17, 15) is 23.4 Å². The first-order valence-corrected chi connectivity index (χ1v) is 13.9. The third-order valence-corrected chi connectivity index (χ3v) is 8.34. The highest BCUT2D eigenvalue weighted by atomic mass is 35.5. The average Bonchev–Trinajstić information content (AvgIpc) is 2.92. The smallest absolute Gasteiger partial charge is 0.337 e. The highest BCUT2D eigenvalue weighted by molar-refractivity contribution is 7.91. The fourth-order valence-corrected chi connectivity index (χ4v) is 5.87. The van der Waals surface area contributed by atoms with Gasteiger partial charge in [-0.25, -0.2) is 13.2 Å². The number of rotatable bonds is 10. The molecule has 3 N–H and O–H groups in total. The van der Waals surface area contributed by atoms with Gasteiger partial charge in [-0.05, 0) is 72.0 Å². The number of aromatic carboxylic acids is 1. The summed E-state index contributed by atoms with van der Waals surface area (Å²) in [7, 11) is -4.05. The Hall–Kier alpha value is -3.49. The summed E-state index contributed by atoms with van der Waals surface area (Å²) >= 11 is 6.00. The van der Waals surface area contributed by atoms with E-state index in [0.717, 1.165) is 16.7 Å². The molecule has 0 radical (unpaired) electrons. The van der Waals surface area contributed by atoms with Crippen LogP contribution in [0.4, 0.5) is 0 Å². The Morgan fingerprint density at radius 2 is 1.61 bits per heavy atom. The molecule has 4 aromatic carbocycles. The van der Waals surface area contributed by atoms with Crippen molar-refractivity contribution in [3.05, 3.63) is 119 Å². The number of sulfone groups is 1. The van der Waals surface area contributed by atoms with Gasteiger partial charge in [-0.1, -0.05) is 72.3 Å². The normalized spacial score (nSPS) is 13.1. The second-order valence-corrected chi connectivity index (χ2v) is 11.5. The Balaban J connectivity index is 1.46. The molecule has 4 aromatic rings. The first kappa shape index (κ1) is 27.5. The number of hydrogen-bond acceptors (Lipinski definition) is 5. The summed E-state index contributed by atoms with van der Waals surface area (Å²) in [6.07, 6.45) is -0.102. The van der Waals surface area contributed by atoms with Crippen LogP contribution in [0.3, 0.4) is 0 Å². The summed E-state index contributed by atoms with van der Waals surface area (Å²) in [6.45, 7) is 2.31. The summed E-state index contributed by atoms with van der Waals surface area (Å²) < 4.78 is 26.7. The highest BCUT2D eigenvalue weighted by Gasteiger charge is 2.25. The lowest BCUT2D eigenvalue weighted by molar-refractivity contribution is 0.0692. The maximum Gasteiger partial charge on any atom is 0.337 e. The molecule has 0 saturated heterocycles. The topological polar surface area (TPSA) is 104 Å². The van der Waals surface area contributed by atoms with Crippen molar-refractivity contribution in [3.8, 4) is 11.1 Å². The van der Waals surface area contributed by atoms with Crippen LogP contribution in [0.2, 0.25) is 5.02 Å². The van der Waals surface area contributed by atoms with E-state index >= 15 is 0 Å². The molecule has 38 heavy (non-hydrogen) atoms. The molecule has 0 spiro atoms. The Labute approximate surface area is 227 Å². The van der Waals surface area contributed by atoms with Crippen molar-refractivity contribution < 1.29 is 23.4 Å². The molecule has 0 saturated carbocycles. The minimum absolute atomic E-state index is 0.00966. The van der Waals surface area contributed by atoms with Crippen LogP contribution in [0.15, 0.2) is 107 Å². The molecule has 8 heteroatoms. The predicted octanol–water partition coefficient (Wildman–Crippen LogP) is 5.79. The molecular weight excluding hydrogens is 522 g/mol. The molecule has 0 aliphatic rings. The molecule has 6 nitrogen and oxygen atoms in total. The van der Waals surface area contributed by atoms with Gasteiger partial charge in [-0.15, -0.1) is 0 Å². The zero-order chi connectivity index (χ0) is 27.3. The summed E-state index contributed by atoms with van der Waals surface area (Å²) in [6, 6.07) is 27.1. The third kappa shape index (κ3) is 6.49. The molecular formula is C30H28ClNO5S. The van der Waals surface area contributed by atoms with Crippen LogP contribution in [0.1, 0.15) is 34.5 Å². The Morgan fingerprint density at radius 3 is 2.26 bits per heavy atom. The number of benzene rings is 4. The number of aliphatic hydroxyl groups is 1. The molecule has 0 aromatic heterocycles. The Kier molecular flexibility index (Phi) is 8.64. The number of halogens is 1. The number of carboxylic acids is 1. The number of carboxylic acid groups (broad SMARTS) is 1. The van der Waals surface area contributed by atoms with Crippen LogP contribution >= 0.6 is 11.6 Å². The third-order valence-electron chi connectivity index (χ3n) is 6.28. The van der Waals surface area contributed by atoms with Gasteiger partial charge >= 0.3 is 5.97 Å². The monoisotopic (exact) mass is 549 g/mol. The fourth-order valence-electron chi connectivity index (χ4n) is 4.24. The van der Waals surface area contributed by atoms with Crippen LogP contribution in [0.25, 0.3) is 11.1 Å². The maximum atomic E-state index is 13.4. The lowest BCUT2D eigenvalue weighted by atomic mass is 10.0. The van der Waals surface area contributed by atoms with Crippen molar-refractivity contribution in [2.75, 3.05) is 6.54 Å². The fraction of sp³-hybridized carbons (Fsp3) is 0.167. The van der Waals surface area contributed by atoms with Crippen LogP contribution in [0, 0.1) is 0 Å². The quantitative estimate of drug-likeness (QED) is 0.231. The van der Waals surface area contributed by atoms with Gasteiger partial charge in [0.05, 0.1) is 21.5 Å². The summed E-state index contributed by atoms with van der Waals surface area (Å²) in [5.74, 6) is -1.31. The van der Waals surface area contributed by atoms with E-state index in [1.807, 2.05) is 43.3 Å². The van der Waals surface area contributed by atoms with Crippen LogP contribution in [-0.2, 0) is 16.3 Å². The minimum atomic E-state index is -4.05. The summed E-state index contributed by atoms with van der Waals surface area (Å²) in [5.41, 5.74) is 2.78. The lowest BCUT2D eigenvalue weighted by Gasteiger charge is -2.18. The van der Waals surface area contributed by atoms with Gasteiger partial charge in [-0.2, -0.15) is 0 Å². The average molecular weight is 550 g/mol. The van der Waals surface area contributed by atoms with E-state index < -0.39 is 21.9 Å². The number of nitrogens with one attached hydrogen (secondary N) is 1. The van der Waals surface area contributed by atoms with E-state index in [0.29, 0.717) is 23.6 Å². The van der Waals surface area contributed by atoms with Gasteiger partial charge in [0, 0.05) is 17.6 Å². The largest absolute Gasteiger partial charge is 0.478 e.